The number of nitriles is 1. The number of thiophene rings is 1. The number of fused-ring (bicyclic) bond motifs is 1. The molecule has 0 fully saturated rings. The van der Waals surface area contributed by atoms with Crippen LogP contribution in [0.4, 0.5) is 4.39 Å². The van der Waals surface area contributed by atoms with Crippen LogP contribution in [-0.2, 0) is 6.42 Å². The van der Waals surface area contributed by atoms with Gasteiger partial charge >= 0.3 is 0 Å². The molecular formula is C10H5BrFNS. The highest BCUT2D eigenvalue weighted by atomic mass is 79.9. The summed E-state index contributed by atoms with van der Waals surface area (Å²) in [5.41, 5.74) is 0. The summed E-state index contributed by atoms with van der Waals surface area (Å²) in [5.74, 6) is -0.255. The molecule has 1 heterocycles. The highest BCUT2D eigenvalue weighted by Crippen LogP contribution is 2.32. The lowest BCUT2D eigenvalue weighted by Gasteiger charge is -1.93. The smallest absolute Gasteiger partial charge is 0.125 e. The molecule has 0 amide bonds. The van der Waals surface area contributed by atoms with Gasteiger partial charge in [-0.15, -0.1) is 11.3 Å². The van der Waals surface area contributed by atoms with E-state index in [2.05, 4.69) is 22.0 Å². The van der Waals surface area contributed by atoms with Gasteiger partial charge in [0.1, 0.15) is 5.82 Å². The Bertz CT molecular complexity index is 527. The fraction of sp³-hybridized carbons (Fsp3) is 0.100. The van der Waals surface area contributed by atoms with Gasteiger partial charge < -0.3 is 0 Å². The fourth-order valence-electron chi connectivity index (χ4n) is 1.28. The minimum atomic E-state index is -0.255. The summed E-state index contributed by atoms with van der Waals surface area (Å²) in [6.45, 7) is 0. The van der Waals surface area contributed by atoms with E-state index in [4.69, 9.17) is 5.26 Å². The Morgan fingerprint density at radius 1 is 1.43 bits per heavy atom. The molecule has 0 bridgehead atoms. The zero-order valence-corrected chi connectivity index (χ0v) is 9.45. The van der Waals surface area contributed by atoms with E-state index in [1.54, 1.807) is 0 Å². The van der Waals surface area contributed by atoms with E-state index in [1.807, 2.05) is 6.07 Å². The third kappa shape index (κ3) is 1.66. The molecule has 1 aromatic heterocycles. The maximum atomic E-state index is 13.0. The lowest BCUT2D eigenvalue weighted by atomic mass is 10.2. The molecule has 2 rings (SSSR count). The van der Waals surface area contributed by atoms with Crippen LogP contribution in [0, 0.1) is 17.1 Å². The Labute approximate surface area is 92.9 Å². The lowest BCUT2D eigenvalue weighted by molar-refractivity contribution is 0.629. The Balaban J connectivity index is 2.66. The first kappa shape index (κ1) is 9.63. The number of hydrogen-bond acceptors (Lipinski definition) is 2. The summed E-state index contributed by atoms with van der Waals surface area (Å²) in [7, 11) is 0. The summed E-state index contributed by atoms with van der Waals surface area (Å²) < 4.78 is 14.6. The van der Waals surface area contributed by atoms with E-state index in [-0.39, 0.29) is 5.82 Å². The third-order valence-electron chi connectivity index (χ3n) is 1.86. The van der Waals surface area contributed by atoms with Gasteiger partial charge in [0.05, 0.1) is 12.5 Å². The molecule has 0 unspecified atom stereocenters. The van der Waals surface area contributed by atoms with Crippen LogP contribution in [0.25, 0.3) is 10.1 Å². The van der Waals surface area contributed by atoms with Crippen molar-refractivity contribution in [1.82, 2.24) is 0 Å². The molecule has 0 spiro atoms. The average Bonchev–Trinajstić information content (AvgIpc) is 2.48. The molecular weight excluding hydrogens is 265 g/mol. The zero-order valence-electron chi connectivity index (χ0n) is 7.05. The first-order chi connectivity index (χ1) is 6.70. The molecule has 0 saturated carbocycles. The predicted molar refractivity (Wildman–Crippen MR) is 58.8 cm³/mol. The van der Waals surface area contributed by atoms with E-state index >= 15 is 0 Å². The normalized spacial score (nSPS) is 10.4. The molecule has 0 aliphatic heterocycles. The van der Waals surface area contributed by atoms with Gasteiger partial charge in [-0.1, -0.05) is 15.9 Å². The molecule has 0 atom stereocenters. The van der Waals surface area contributed by atoms with Crippen LogP contribution in [0.1, 0.15) is 4.88 Å². The second kappa shape index (κ2) is 3.68. The van der Waals surface area contributed by atoms with E-state index < -0.39 is 0 Å². The van der Waals surface area contributed by atoms with Crippen molar-refractivity contribution in [3.8, 4) is 6.07 Å². The molecule has 1 nitrogen and oxygen atoms in total. The maximum absolute atomic E-state index is 13.0. The van der Waals surface area contributed by atoms with Gasteiger partial charge in [-0.05, 0) is 18.2 Å². The Morgan fingerprint density at radius 2 is 2.21 bits per heavy atom. The zero-order chi connectivity index (χ0) is 10.1. The van der Waals surface area contributed by atoms with Crippen molar-refractivity contribution in [2.24, 2.45) is 0 Å². The van der Waals surface area contributed by atoms with Gasteiger partial charge in [-0.25, -0.2) is 4.39 Å². The Kier molecular flexibility index (Phi) is 2.53. The van der Waals surface area contributed by atoms with E-state index in [1.165, 1.54) is 23.5 Å². The quantitative estimate of drug-likeness (QED) is 0.771. The van der Waals surface area contributed by atoms with Crippen LogP contribution in [0.15, 0.2) is 22.7 Å². The van der Waals surface area contributed by atoms with Crippen molar-refractivity contribution in [2.75, 3.05) is 0 Å². The van der Waals surface area contributed by atoms with Gasteiger partial charge in [-0.3, -0.25) is 0 Å². The molecule has 70 valence electrons. The second-order valence-electron chi connectivity index (χ2n) is 2.85. The standard InChI is InChI=1S/C10H5BrFNS/c11-9-3-6(12)4-10-8(9)5-7(14-10)1-2-13/h3-5H,1H2. The minimum absolute atomic E-state index is 0.255. The summed E-state index contributed by atoms with van der Waals surface area (Å²) in [6, 6.07) is 6.93. The van der Waals surface area contributed by atoms with Gasteiger partial charge in [0, 0.05) is 19.4 Å². The van der Waals surface area contributed by atoms with Crippen LogP contribution in [0.3, 0.4) is 0 Å². The molecule has 4 heteroatoms. The molecule has 0 radical (unpaired) electrons. The predicted octanol–water partition coefficient (Wildman–Crippen LogP) is 3.87. The largest absolute Gasteiger partial charge is 0.207 e. The van der Waals surface area contributed by atoms with Crippen molar-refractivity contribution in [2.45, 2.75) is 6.42 Å². The summed E-state index contributed by atoms with van der Waals surface area (Å²) in [5, 5.41) is 9.51. The Morgan fingerprint density at radius 3 is 2.93 bits per heavy atom. The molecule has 14 heavy (non-hydrogen) atoms. The van der Waals surface area contributed by atoms with Crippen LogP contribution >= 0.6 is 27.3 Å². The number of halogens is 2. The molecule has 1 aromatic carbocycles. The SMILES string of the molecule is N#CCc1cc2c(Br)cc(F)cc2s1. The van der Waals surface area contributed by atoms with Gasteiger partial charge in [0.25, 0.3) is 0 Å². The summed E-state index contributed by atoms with van der Waals surface area (Å²) in [4.78, 5) is 0.966. The van der Waals surface area contributed by atoms with Crippen LogP contribution in [0.5, 0.6) is 0 Å². The first-order valence-electron chi connectivity index (χ1n) is 3.95. The van der Waals surface area contributed by atoms with Crippen molar-refractivity contribution in [3.05, 3.63) is 33.4 Å². The highest BCUT2D eigenvalue weighted by molar-refractivity contribution is 9.10. The van der Waals surface area contributed by atoms with Gasteiger partial charge in [0.2, 0.25) is 0 Å². The van der Waals surface area contributed by atoms with Crippen LogP contribution in [-0.4, -0.2) is 0 Å². The number of hydrogen-bond donors (Lipinski definition) is 0. The molecule has 0 N–H and O–H groups in total. The monoisotopic (exact) mass is 269 g/mol. The van der Waals surface area contributed by atoms with E-state index in [0.29, 0.717) is 6.42 Å². The van der Waals surface area contributed by atoms with Gasteiger partial charge in [0.15, 0.2) is 0 Å². The van der Waals surface area contributed by atoms with E-state index in [9.17, 15) is 4.39 Å². The Hall–Kier alpha value is -0.920. The van der Waals surface area contributed by atoms with Crippen molar-refractivity contribution >= 4 is 37.4 Å². The summed E-state index contributed by atoms with van der Waals surface area (Å²) in [6.07, 6.45) is 0.382. The number of rotatable bonds is 1. The van der Waals surface area contributed by atoms with Crippen molar-refractivity contribution in [3.63, 3.8) is 0 Å². The number of nitrogens with zero attached hydrogens (tertiary/aromatic N) is 1. The highest BCUT2D eigenvalue weighted by Gasteiger charge is 2.06. The maximum Gasteiger partial charge on any atom is 0.125 e. The lowest BCUT2D eigenvalue weighted by Crippen LogP contribution is -1.73. The van der Waals surface area contributed by atoms with Gasteiger partial charge in [-0.2, -0.15) is 5.26 Å². The topological polar surface area (TPSA) is 23.8 Å². The first-order valence-corrected chi connectivity index (χ1v) is 5.56. The molecule has 0 saturated heterocycles. The number of benzene rings is 1. The second-order valence-corrected chi connectivity index (χ2v) is 4.87. The van der Waals surface area contributed by atoms with E-state index in [0.717, 1.165) is 19.4 Å². The fourth-order valence-corrected chi connectivity index (χ4v) is 3.01. The molecule has 0 aliphatic carbocycles. The van der Waals surface area contributed by atoms with Crippen molar-refractivity contribution < 1.29 is 4.39 Å². The molecule has 0 aliphatic rings. The average molecular weight is 270 g/mol. The van der Waals surface area contributed by atoms with Crippen LogP contribution in [0.2, 0.25) is 0 Å². The minimum Gasteiger partial charge on any atom is -0.207 e. The van der Waals surface area contributed by atoms with Crippen LogP contribution < -0.4 is 0 Å². The third-order valence-corrected chi connectivity index (χ3v) is 3.59. The van der Waals surface area contributed by atoms with Crippen molar-refractivity contribution in [1.29, 1.82) is 5.26 Å². The molecule has 2 aromatic rings. The summed E-state index contributed by atoms with van der Waals surface area (Å²) >= 11 is 4.75.